The fourth-order valence-electron chi connectivity index (χ4n) is 3.07. The van der Waals surface area contributed by atoms with Crippen LogP contribution in [-0.2, 0) is 14.4 Å². The lowest BCUT2D eigenvalue weighted by Crippen LogP contribution is -2.36. The molecular formula is C25H24FN3O4. The van der Waals surface area contributed by atoms with Gasteiger partial charge in [0.1, 0.15) is 23.9 Å². The van der Waals surface area contributed by atoms with Crippen molar-refractivity contribution in [2.45, 2.75) is 13.8 Å². The highest BCUT2D eigenvalue weighted by atomic mass is 19.1. The number of amides is 3. The minimum absolute atomic E-state index is 0.133. The van der Waals surface area contributed by atoms with Crippen molar-refractivity contribution in [2.24, 2.45) is 0 Å². The molecule has 0 saturated heterocycles. The Morgan fingerprint density at radius 1 is 0.970 bits per heavy atom. The lowest BCUT2D eigenvalue weighted by atomic mass is 10.1. The van der Waals surface area contributed by atoms with Gasteiger partial charge >= 0.3 is 0 Å². The van der Waals surface area contributed by atoms with Crippen molar-refractivity contribution in [1.82, 2.24) is 4.90 Å². The first kappa shape index (κ1) is 23.5. The van der Waals surface area contributed by atoms with Crippen LogP contribution in [0.4, 0.5) is 15.8 Å². The van der Waals surface area contributed by atoms with E-state index >= 15 is 0 Å². The number of benzene rings is 2. The lowest BCUT2D eigenvalue weighted by Gasteiger charge is -2.18. The third-order valence-electron chi connectivity index (χ3n) is 4.67. The number of nitrogens with one attached hydrogen (secondary N) is 2. The van der Waals surface area contributed by atoms with Crippen LogP contribution in [0.1, 0.15) is 19.6 Å². The first-order chi connectivity index (χ1) is 15.9. The number of anilines is 2. The molecule has 0 unspecified atom stereocenters. The minimum atomic E-state index is -0.397. The quantitative estimate of drug-likeness (QED) is 0.494. The smallest absolute Gasteiger partial charge is 0.247 e. The average Bonchev–Trinajstić information content (AvgIpc) is 3.26. The van der Waals surface area contributed by atoms with Crippen LogP contribution in [0.25, 0.3) is 17.4 Å². The Balaban J connectivity index is 1.57. The zero-order chi connectivity index (χ0) is 23.8. The molecule has 170 valence electrons. The zero-order valence-corrected chi connectivity index (χ0v) is 18.3. The Morgan fingerprint density at radius 3 is 2.27 bits per heavy atom. The molecule has 7 nitrogen and oxygen atoms in total. The van der Waals surface area contributed by atoms with Crippen LogP contribution in [-0.4, -0.2) is 35.7 Å². The van der Waals surface area contributed by atoms with E-state index in [0.29, 0.717) is 35.0 Å². The summed E-state index contributed by atoms with van der Waals surface area (Å²) < 4.78 is 19.5. The molecule has 0 radical (unpaired) electrons. The molecule has 33 heavy (non-hydrogen) atoms. The summed E-state index contributed by atoms with van der Waals surface area (Å²) in [6.45, 7) is 3.38. The van der Waals surface area contributed by atoms with Gasteiger partial charge in [-0.15, -0.1) is 0 Å². The average molecular weight is 449 g/mol. The van der Waals surface area contributed by atoms with Gasteiger partial charge in [0.25, 0.3) is 0 Å². The predicted molar refractivity (Wildman–Crippen MR) is 125 cm³/mol. The Bertz CT molecular complexity index is 1170. The molecule has 3 aromatic rings. The summed E-state index contributed by atoms with van der Waals surface area (Å²) in [6.07, 6.45) is 2.79. The monoisotopic (exact) mass is 449 g/mol. The van der Waals surface area contributed by atoms with Crippen molar-refractivity contribution in [2.75, 3.05) is 23.7 Å². The maximum absolute atomic E-state index is 13.9. The molecule has 1 heterocycles. The third kappa shape index (κ3) is 6.64. The molecule has 3 amide bonds. The predicted octanol–water partition coefficient (Wildman–Crippen LogP) is 4.54. The van der Waals surface area contributed by atoms with E-state index in [1.165, 1.54) is 30.0 Å². The van der Waals surface area contributed by atoms with Gasteiger partial charge in [0.2, 0.25) is 17.7 Å². The number of nitrogens with zero attached hydrogens (tertiary/aromatic N) is 1. The summed E-state index contributed by atoms with van der Waals surface area (Å²) in [5.74, 6) is -0.553. The molecule has 0 atom stereocenters. The van der Waals surface area contributed by atoms with E-state index in [2.05, 4.69) is 10.6 Å². The van der Waals surface area contributed by atoms with Gasteiger partial charge in [0.15, 0.2) is 0 Å². The van der Waals surface area contributed by atoms with E-state index < -0.39 is 5.82 Å². The van der Waals surface area contributed by atoms with Crippen LogP contribution in [0.3, 0.4) is 0 Å². The van der Waals surface area contributed by atoms with Crippen molar-refractivity contribution in [3.63, 3.8) is 0 Å². The second-order valence-electron chi connectivity index (χ2n) is 7.17. The summed E-state index contributed by atoms with van der Waals surface area (Å²) in [6, 6.07) is 16.2. The number of hydrogen-bond donors (Lipinski definition) is 2. The Kier molecular flexibility index (Phi) is 7.75. The van der Waals surface area contributed by atoms with Crippen LogP contribution in [0.2, 0.25) is 0 Å². The Hall–Kier alpha value is -4.20. The van der Waals surface area contributed by atoms with E-state index in [-0.39, 0.29) is 24.3 Å². The number of hydrogen-bond acceptors (Lipinski definition) is 4. The molecule has 0 fully saturated rings. The van der Waals surface area contributed by atoms with Crippen LogP contribution >= 0.6 is 0 Å². The molecule has 0 spiro atoms. The molecule has 1 aromatic heterocycles. The van der Waals surface area contributed by atoms with E-state index in [1.54, 1.807) is 61.5 Å². The van der Waals surface area contributed by atoms with Crippen molar-refractivity contribution in [1.29, 1.82) is 0 Å². The van der Waals surface area contributed by atoms with Crippen molar-refractivity contribution < 1.29 is 23.2 Å². The molecule has 2 aromatic carbocycles. The fourth-order valence-corrected chi connectivity index (χ4v) is 3.07. The molecule has 0 aliphatic heterocycles. The van der Waals surface area contributed by atoms with Crippen molar-refractivity contribution >= 4 is 35.2 Å². The van der Waals surface area contributed by atoms with Gasteiger partial charge in [-0.3, -0.25) is 14.4 Å². The number of halogens is 1. The van der Waals surface area contributed by atoms with Gasteiger partial charge in [-0.1, -0.05) is 12.1 Å². The summed E-state index contributed by atoms with van der Waals surface area (Å²) in [5, 5.41) is 5.36. The Morgan fingerprint density at radius 2 is 1.64 bits per heavy atom. The highest BCUT2D eigenvalue weighted by molar-refractivity contribution is 5.98. The largest absolute Gasteiger partial charge is 0.457 e. The third-order valence-corrected chi connectivity index (χ3v) is 4.67. The topological polar surface area (TPSA) is 91.7 Å². The molecule has 8 heteroatoms. The minimum Gasteiger partial charge on any atom is -0.457 e. The molecule has 2 N–H and O–H groups in total. The van der Waals surface area contributed by atoms with Gasteiger partial charge in [-0.05, 0) is 61.5 Å². The van der Waals surface area contributed by atoms with Crippen LogP contribution in [0.5, 0.6) is 0 Å². The van der Waals surface area contributed by atoms with Gasteiger partial charge in [-0.2, -0.15) is 0 Å². The molecule has 0 aliphatic rings. The van der Waals surface area contributed by atoms with E-state index in [9.17, 15) is 18.8 Å². The summed E-state index contributed by atoms with van der Waals surface area (Å²) in [5.41, 5.74) is 1.50. The summed E-state index contributed by atoms with van der Waals surface area (Å²) in [4.78, 5) is 37.3. The lowest BCUT2D eigenvalue weighted by molar-refractivity contribution is -0.130. The van der Waals surface area contributed by atoms with E-state index in [0.717, 1.165) is 0 Å². The summed E-state index contributed by atoms with van der Waals surface area (Å²) >= 11 is 0. The van der Waals surface area contributed by atoms with Crippen LogP contribution in [0.15, 0.2) is 71.2 Å². The molecular weight excluding hydrogens is 425 g/mol. The SMILES string of the molecule is CCN(CC(=O)Nc1ccc(NC(C)=O)cc1)C(=O)/C=C/c1ccc(-c2ccccc2F)o1. The number of carbonyl (C=O) groups excluding carboxylic acids is 3. The second kappa shape index (κ2) is 10.9. The van der Waals surface area contributed by atoms with Gasteiger partial charge < -0.3 is 20.0 Å². The normalized spacial score (nSPS) is 10.8. The first-order valence-corrected chi connectivity index (χ1v) is 10.3. The maximum atomic E-state index is 13.9. The van der Waals surface area contributed by atoms with E-state index in [4.69, 9.17) is 4.42 Å². The summed E-state index contributed by atoms with van der Waals surface area (Å²) in [7, 11) is 0. The number of carbonyl (C=O) groups is 3. The van der Waals surface area contributed by atoms with Gasteiger partial charge in [0.05, 0.1) is 5.56 Å². The second-order valence-corrected chi connectivity index (χ2v) is 7.17. The zero-order valence-electron chi connectivity index (χ0n) is 18.3. The van der Waals surface area contributed by atoms with Gasteiger partial charge in [0, 0.05) is 30.9 Å². The highest BCUT2D eigenvalue weighted by Gasteiger charge is 2.14. The number of rotatable bonds is 8. The molecule has 0 saturated carbocycles. The standard InChI is InChI=1S/C25H24FN3O4/c1-3-29(16-24(31)28-19-10-8-18(9-11-19)27-17(2)30)25(32)15-13-20-12-14-23(33-20)21-6-4-5-7-22(21)26/h4-15H,3,16H2,1-2H3,(H,27,30)(H,28,31)/b15-13+. The number of furan rings is 1. The molecule has 0 aliphatic carbocycles. The first-order valence-electron chi connectivity index (χ1n) is 10.3. The van der Waals surface area contributed by atoms with Crippen LogP contribution < -0.4 is 10.6 Å². The van der Waals surface area contributed by atoms with Crippen LogP contribution in [0, 0.1) is 5.82 Å². The fraction of sp³-hybridized carbons (Fsp3) is 0.160. The van der Waals surface area contributed by atoms with E-state index in [1.807, 2.05) is 0 Å². The van der Waals surface area contributed by atoms with Crippen molar-refractivity contribution in [3.05, 3.63) is 78.3 Å². The van der Waals surface area contributed by atoms with Crippen molar-refractivity contribution in [3.8, 4) is 11.3 Å². The molecule has 0 bridgehead atoms. The highest BCUT2D eigenvalue weighted by Crippen LogP contribution is 2.25. The molecule has 3 rings (SSSR count). The maximum Gasteiger partial charge on any atom is 0.247 e. The Labute approximate surface area is 190 Å². The van der Waals surface area contributed by atoms with Gasteiger partial charge in [-0.25, -0.2) is 4.39 Å². The number of likely N-dealkylation sites (N-methyl/N-ethyl adjacent to an activating group) is 1.